The Morgan fingerprint density at radius 2 is 0.919 bits per heavy atom. The Bertz CT molecular complexity index is 648. The quantitative estimate of drug-likeness (QED) is 0.0755. The molecule has 0 heterocycles. The first kappa shape index (κ1) is 36.9. The van der Waals surface area contributed by atoms with Gasteiger partial charge in [-0.1, -0.05) is 0 Å². The summed E-state index contributed by atoms with van der Waals surface area (Å²) in [6.07, 6.45) is 0.788. The van der Waals surface area contributed by atoms with E-state index in [0.29, 0.717) is 11.5 Å². The molecule has 0 rings (SSSR count). The van der Waals surface area contributed by atoms with Crippen molar-refractivity contribution in [2.75, 3.05) is 75.0 Å². The largest absolute Gasteiger partial charge is 0.466 e. The molecule has 0 aliphatic rings. The number of rotatable bonds is 24. The third kappa shape index (κ3) is 16.6. The number of thioether (sulfide) groups is 2. The molecule has 0 spiro atoms. The van der Waals surface area contributed by atoms with Crippen molar-refractivity contribution in [3.05, 3.63) is 0 Å². The Hall–Kier alpha value is -0.0600. The highest BCUT2D eigenvalue weighted by Crippen LogP contribution is 2.51. The summed E-state index contributed by atoms with van der Waals surface area (Å²) in [6, 6.07) is 0. The van der Waals surface area contributed by atoms with Crippen LogP contribution in [0, 0.1) is 11.8 Å². The van der Waals surface area contributed by atoms with Gasteiger partial charge in [-0.15, -0.1) is 0 Å². The van der Waals surface area contributed by atoms with Gasteiger partial charge in [-0.3, -0.25) is 18.7 Å². The Morgan fingerprint density at radius 3 is 1.19 bits per heavy atom. The van der Waals surface area contributed by atoms with Gasteiger partial charge in [-0.05, 0) is 59.5 Å². The predicted octanol–water partition coefficient (Wildman–Crippen LogP) is 5.73. The van der Waals surface area contributed by atoms with Crippen LogP contribution in [-0.4, -0.2) is 86.9 Å². The lowest BCUT2D eigenvalue weighted by Crippen LogP contribution is -2.25. The van der Waals surface area contributed by atoms with Gasteiger partial charge < -0.3 is 27.6 Å². The number of hydrogen-bond acceptors (Lipinski definition) is 12. The number of esters is 2. The zero-order chi connectivity index (χ0) is 28.2. The van der Waals surface area contributed by atoms with Gasteiger partial charge in [-0.2, -0.15) is 23.5 Å². The van der Waals surface area contributed by atoms with E-state index in [1.54, 1.807) is 65.1 Å². The molecule has 0 saturated heterocycles. The van der Waals surface area contributed by atoms with Crippen LogP contribution in [0.4, 0.5) is 0 Å². The number of carbonyl (C=O) groups is 2. The fourth-order valence-corrected chi connectivity index (χ4v) is 9.66. The molecule has 0 aromatic rings. The van der Waals surface area contributed by atoms with Crippen molar-refractivity contribution >= 4 is 50.7 Å². The second-order valence-electron chi connectivity index (χ2n) is 7.66. The summed E-state index contributed by atoms with van der Waals surface area (Å²) in [5.41, 5.74) is 0. The van der Waals surface area contributed by atoms with Crippen molar-refractivity contribution in [3.63, 3.8) is 0 Å². The highest BCUT2D eigenvalue weighted by Gasteiger charge is 2.34. The normalized spacial score (nSPS) is 13.8. The second-order valence-corrected chi connectivity index (χ2v) is 14.2. The standard InChI is InChI=1S/C23H46O10P2S2/c1-7-28-22(24)20(16-34(26,30-9-3)31-10-4)18-36-14-13-15-37-19-21(23(25)29-8-2)17-35(27,32-11-5)33-12-6/h20-21H,7-19H2,1-6H3. The van der Waals surface area contributed by atoms with Gasteiger partial charge in [0, 0.05) is 11.5 Å². The summed E-state index contributed by atoms with van der Waals surface area (Å²) in [7, 11) is -6.76. The van der Waals surface area contributed by atoms with E-state index in [9.17, 15) is 18.7 Å². The van der Waals surface area contributed by atoms with E-state index in [2.05, 4.69) is 0 Å². The zero-order valence-corrected chi connectivity index (χ0v) is 26.6. The summed E-state index contributed by atoms with van der Waals surface area (Å²) in [6.45, 7) is 11.8. The predicted molar refractivity (Wildman–Crippen MR) is 151 cm³/mol. The molecular weight excluding hydrogens is 562 g/mol. The van der Waals surface area contributed by atoms with Crippen molar-refractivity contribution in [2.45, 2.75) is 48.0 Å². The van der Waals surface area contributed by atoms with Gasteiger partial charge in [0.1, 0.15) is 0 Å². The van der Waals surface area contributed by atoms with Crippen LogP contribution < -0.4 is 0 Å². The van der Waals surface area contributed by atoms with Crippen LogP contribution in [0.1, 0.15) is 48.0 Å². The van der Waals surface area contributed by atoms with E-state index in [1.807, 2.05) is 0 Å². The molecule has 10 nitrogen and oxygen atoms in total. The lowest BCUT2D eigenvalue weighted by Gasteiger charge is -2.22. The van der Waals surface area contributed by atoms with E-state index < -0.39 is 39.0 Å². The maximum Gasteiger partial charge on any atom is 0.331 e. The lowest BCUT2D eigenvalue weighted by molar-refractivity contribution is -0.147. The molecule has 14 heteroatoms. The van der Waals surface area contributed by atoms with Gasteiger partial charge in [0.25, 0.3) is 0 Å². The molecule has 0 bridgehead atoms. The van der Waals surface area contributed by atoms with E-state index in [0.717, 1.165) is 17.9 Å². The Kier molecular flexibility index (Phi) is 21.7. The Morgan fingerprint density at radius 1 is 0.595 bits per heavy atom. The zero-order valence-electron chi connectivity index (χ0n) is 23.1. The molecule has 0 aliphatic heterocycles. The third-order valence-corrected chi connectivity index (χ3v) is 11.5. The highest BCUT2D eigenvalue weighted by molar-refractivity contribution is 8.00. The molecule has 0 saturated carbocycles. The molecule has 0 fully saturated rings. The van der Waals surface area contributed by atoms with E-state index in [1.165, 1.54) is 0 Å². The Balaban J connectivity index is 4.80. The summed E-state index contributed by atoms with van der Waals surface area (Å²) in [4.78, 5) is 24.9. The van der Waals surface area contributed by atoms with Crippen LogP contribution in [0.3, 0.4) is 0 Å². The first-order valence-corrected chi connectivity index (χ1v) is 18.6. The van der Waals surface area contributed by atoms with E-state index >= 15 is 0 Å². The van der Waals surface area contributed by atoms with Gasteiger partial charge in [0.05, 0.1) is 63.8 Å². The molecule has 0 N–H and O–H groups in total. The van der Waals surface area contributed by atoms with Crippen molar-refractivity contribution in [2.24, 2.45) is 11.8 Å². The molecule has 2 atom stereocenters. The van der Waals surface area contributed by atoms with Gasteiger partial charge in [0.15, 0.2) is 0 Å². The lowest BCUT2D eigenvalue weighted by atomic mass is 10.2. The average Bonchev–Trinajstić information content (AvgIpc) is 2.82. The number of hydrogen-bond donors (Lipinski definition) is 0. The highest BCUT2D eigenvalue weighted by atomic mass is 32.2. The third-order valence-electron chi connectivity index (χ3n) is 4.65. The minimum absolute atomic E-state index is 0.0177. The summed E-state index contributed by atoms with van der Waals surface area (Å²) in [5.74, 6) is 0.384. The molecule has 0 amide bonds. The monoisotopic (exact) mass is 608 g/mol. The smallest absolute Gasteiger partial charge is 0.331 e. The first-order chi connectivity index (χ1) is 17.6. The van der Waals surface area contributed by atoms with Crippen LogP contribution in [-0.2, 0) is 46.3 Å². The molecule has 37 heavy (non-hydrogen) atoms. The molecule has 0 aliphatic carbocycles. The van der Waals surface area contributed by atoms with Crippen LogP contribution in [0.15, 0.2) is 0 Å². The molecule has 0 aromatic heterocycles. The number of carbonyl (C=O) groups excluding carboxylic acids is 2. The van der Waals surface area contributed by atoms with Crippen LogP contribution >= 0.6 is 38.7 Å². The molecule has 0 aromatic carbocycles. The molecule has 2 unspecified atom stereocenters. The fraction of sp³-hybridized carbons (Fsp3) is 0.913. The first-order valence-electron chi connectivity index (χ1n) is 12.9. The van der Waals surface area contributed by atoms with Crippen molar-refractivity contribution in [1.82, 2.24) is 0 Å². The maximum absolute atomic E-state index is 12.9. The number of ether oxygens (including phenoxy) is 2. The average molecular weight is 609 g/mol. The van der Waals surface area contributed by atoms with Crippen LogP contribution in [0.2, 0.25) is 0 Å². The van der Waals surface area contributed by atoms with E-state index in [-0.39, 0.29) is 52.0 Å². The maximum atomic E-state index is 12.9. The van der Waals surface area contributed by atoms with Crippen molar-refractivity contribution in [1.29, 1.82) is 0 Å². The van der Waals surface area contributed by atoms with Crippen molar-refractivity contribution in [3.8, 4) is 0 Å². The molecule has 0 radical (unpaired) electrons. The minimum Gasteiger partial charge on any atom is -0.466 e. The summed E-state index contributed by atoms with van der Waals surface area (Å²) in [5, 5.41) is 0. The van der Waals surface area contributed by atoms with Gasteiger partial charge >= 0.3 is 27.1 Å². The minimum atomic E-state index is -3.38. The Labute approximate surface area is 231 Å². The second kappa shape index (κ2) is 21.7. The summed E-state index contributed by atoms with van der Waals surface area (Å²) >= 11 is 3.13. The molecule has 220 valence electrons. The fourth-order valence-electron chi connectivity index (χ4n) is 3.24. The van der Waals surface area contributed by atoms with Gasteiger partial charge in [0.2, 0.25) is 0 Å². The van der Waals surface area contributed by atoms with E-state index in [4.69, 9.17) is 27.6 Å². The van der Waals surface area contributed by atoms with Crippen molar-refractivity contribution < 1.29 is 46.3 Å². The molecular formula is C23H46O10P2S2. The van der Waals surface area contributed by atoms with Crippen LogP contribution in [0.25, 0.3) is 0 Å². The SMILES string of the molecule is CCOC(=O)C(CSCCCSCC(CP(=O)(OCC)OCC)C(=O)OCC)CP(=O)(OCC)OCC. The topological polar surface area (TPSA) is 124 Å². The van der Waals surface area contributed by atoms with Gasteiger partial charge in [-0.25, -0.2) is 0 Å². The van der Waals surface area contributed by atoms with Crippen LogP contribution in [0.5, 0.6) is 0 Å². The summed E-state index contributed by atoms with van der Waals surface area (Å²) < 4.78 is 57.6.